The molecule has 0 bridgehead atoms. The molecular weight excluding hydrogens is 304 g/mol. The van der Waals surface area contributed by atoms with Crippen LogP contribution in [0.25, 0.3) is 0 Å². The van der Waals surface area contributed by atoms with Gasteiger partial charge >= 0.3 is 0 Å². The van der Waals surface area contributed by atoms with Gasteiger partial charge in [0, 0.05) is 51.0 Å². The fourth-order valence-corrected chi connectivity index (χ4v) is 4.07. The lowest BCUT2D eigenvalue weighted by atomic mass is 9.85. The molecule has 0 unspecified atom stereocenters. The Morgan fingerprint density at radius 2 is 2.12 bits per heavy atom. The Labute approximate surface area is 143 Å². The molecule has 1 N–H and O–H groups in total. The Hall–Kier alpha value is -1.40. The quantitative estimate of drug-likeness (QED) is 0.905. The highest BCUT2D eigenvalue weighted by Gasteiger charge is 2.31. The van der Waals surface area contributed by atoms with Gasteiger partial charge in [0.2, 0.25) is 0 Å². The lowest BCUT2D eigenvalue weighted by molar-refractivity contribution is -0.146. The first kappa shape index (κ1) is 16.1. The smallest absolute Gasteiger partial charge is 0.253 e. The van der Waals surface area contributed by atoms with E-state index in [1.54, 1.807) is 0 Å². The zero-order chi connectivity index (χ0) is 16.4. The van der Waals surface area contributed by atoms with Crippen LogP contribution in [0.3, 0.4) is 0 Å². The van der Waals surface area contributed by atoms with E-state index in [2.05, 4.69) is 21.1 Å². The predicted molar refractivity (Wildman–Crippen MR) is 90.7 cm³/mol. The first-order valence-electron chi connectivity index (χ1n) is 9.43. The molecule has 6 nitrogen and oxygen atoms in total. The minimum atomic E-state index is -0.295. The van der Waals surface area contributed by atoms with Crippen LogP contribution in [0.1, 0.15) is 43.8 Å². The van der Waals surface area contributed by atoms with E-state index in [1.807, 2.05) is 11.1 Å². The normalized spacial score (nSPS) is 26.3. The van der Waals surface area contributed by atoms with Crippen molar-refractivity contribution in [1.82, 2.24) is 19.8 Å². The van der Waals surface area contributed by atoms with Crippen molar-refractivity contribution < 1.29 is 9.53 Å². The number of ether oxygens (including phenoxy) is 1. The summed E-state index contributed by atoms with van der Waals surface area (Å²) >= 11 is 0. The highest BCUT2D eigenvalue weighted by molar-refractivity contribution is 5.81. The number of likely N-dealkylation sites (tertiary alicyclic amines) is 1. The van der Waals surface area contributed by atoms with Gasteiger partial charge in [-0.15, -0.1) is 0 Å². The van der Waals surface area contributed by atoms with Crippen LogP contribution in [0.5, 0.6) is 0 Å². The van der Waals surface area contributed by atoms with E-state index in [1.165, 1.54) is 25.1 Å². The van der Waals surface area contributed by atoms with Gasteiger partial charge in [0.15, 0.2) is 0 Å². The van der Waals surface area contributed by atoms with Crippen LogP contribution in [0, 0.1) is 5.92 Å². The molecule has 0 radical (unpaired) electrons. The van der Waals surface area contributed by atoms with Crippen molar-refractivity contribution in [3.8, 4) is 0 Å². The Bertz CT molecular complexity index is 555. The summed E-state index contributed by atoms with van der Waals surface area (Å²) in [7, 11) is 0. The Kier molecular flexibility index (Phi) is 4.85. The Morgan fingerprint density at radius 3 is 2.79 bits per heavy atom. The van der Waals surface area contributed by atoms with Gasteiger partial charge in [0.1, 0.15) is 11.9 Å². The van der Waals surface area contributed by atoms with E-state index >= 15 is 0 Å². The third-order valence-electron chi connectivity index (χ3n) is 5.80. The maximum absolute atomic E-state index is 12.5. The fourth-order valence-electron chi connectivity index (χ4n) is 4.07. The summed E-state index contributed by atoms with van der Waals surface area (Å²) in [5.74, 6) is 2.70. The van der Waals surface area contributed by atoms with Crippen LogP contribution >= 0.6 is 0 Å². The molecule has 0 aromatic carbocycles. The van der Waals surface area contributed by atoms with Crippen molar-refractivity contribution in [3.05, 3.63) is 18.2 Å². The highest BCUT2D eigenvalue weighted by atomic mass is 16.5. The predicted octanol–water partition coefficient (Wildman–Crippen LogP) is 1.38. The van der Waals surface area contributed by atoms with Crippen molar-refractivity contribution in [2.45, 2.75) is 50.7 Å². The number of amides is 1. The number of rotatable bonds is 4. The summed E-state index contributed by atoms with van der Waals surface area (Å²) in [6, 6.07) is 0. The number of nitrogens with one attached hydrogen (secondary N) is 1. The van der Waals surface area contributed by atoms with Crippen LogP contribution in [0.4, 0.5) is 0 Å². The third kappa shape index (κ3) is 3.35. The summed E-state index contributed by atoms with van der Waals surface area (Å²) in [5.41, 5.74) is 0. The molecule has 1 aliphatic carbocycles. The van der Waals surface area contributed by atoms with Crippen LogP contribution in [-0.4, -0.2) is 59.2 Å². The van der Waals surface area contributed by atoms with Gasteiger partial charge in [-0.1, -0.05) is 6.42 Å². The second kappa shape index (κ2) is 7.23. The van der Waals surface area contributed by atoms with Crippen LogP contribution in [0.15, 0.2) is 12.4 Å². The van der Waals surface area contributed by atoms with Crippen molar-refractivity contribution in [3.63, 3.8) is 0 Å². The average Bonchev–Trinajstić information content (AvgIpc) is 3.07. The van der Waals surface area contributed by atoms with Crippen LogP contribution in [0.2, 0.25) is 0 Å². The van der Waals surface area contributed by atoms with Gasteiger partial charge in [-0.05, 0) is 31.6 Å². The molecule has 2 aliphatic heterocycles. The number of piperidine rings is 1. The molecule has 24 heavy (non-hydrogen) atoms. The molecule has 3 heterocycles. The van der Waals surface area contributed by atoms with Gasteiger partial charge < -0.3 is 19.5 Å². The summed E-state index contributed by atoms with van der Waals surface area (Å²) in [6.45, 7) is 4.88. The lowest BCUT2D eigenvalue weighted by Gasteiger charge is -2.35. The summed E-state index contributed by atoms with van der Waals surface area (Å²) in [6.07, 6.45) is 9.89. The molecule has 0 spiro atoms. The van der Waals surface area contributed by atoms with Crippen molar-refractivity contribution in [2.24, 2.45) is 5.92 Å². The largest absolute Gasteiger partial charge is 0.366 e. The second-order valence-corrected chi connectivity index (χ2v) is 7.40. The van der Waals surface area contributed by atoms with Crippen molar-refractivity contribution >= 4 is 5.91 Å². The number of aromatic nitrogens is 2. The molecule has 3 fully saturated rings. The van der Waals surface area contributed by atoms with E-state index in [9.17, 15) is 4.79 Å². The molecule has 1 aromatic heterocycles. The van der Waals surface area contributed by atoms with E-state index in [4.69, 9.17) is 4.74 Å². The highest BCUT2D eigenvalue weighted by Crippen LogP contribution is 2.31. The topological polar surface area (TPSA) is 59.4 Å². The molecule has 1 atom stereocenters. The number of carbonyl (C=O) groups excluding carboxylic acids is 1. The number of hydrogen-bond donors (Lipinski definition) is 1. The number of hydrogen-bond acceptors (Lipinski definition) is 4. The SMILES string of the molecule is O=C([C@H]1CNCCO1)N1CCC(c2nccn2CC2CCC2)CC1. The van der Waals surface area contributed by atoms with E-state index in [-0.39, 0.29) is 12.0 Å². The Balaban J connectivity index is 1.32. The van der Waals surface area contributed by atoms with Gasteiger partial charge in [0.05, 0.1) is 6.61 Å². The fraction of sp³-hybridized carbons (Fsp3) is 0.778. The molecule has 4 rings (SSSR count). The van der Waals surface area contributed by atoms with Crippen LogP contribution in [-0.2, 0) is 16.1 Å². The zero-order valence-electron chi connectivity index (χ0n) is 14.3. The van der Waals surface area contributed by atoms with Gasteiger partial charge in [-0.2, -0.15) is 0 Å². The minimum Gasteiger partial charge on any atom is -0.366 e. The standard InChI is InChI=1S/C18H28N4O2/c23-18(16-12-19-7-11-24-16)21-8-4-15(5-9-21)17-20-6-10-22(17)13-14-2-1-3-14/h6,10,14-16,19H,1-5,7-9,11-13H2/t16-/m1/s1. The first-order chi connectivity index (χ1) is 11.8. The molecular formula is C18H28N4O2. The molecule has 1 amide bonds. The Morgan fingerprint density at radius 1 is 1.29 bits per heavy atom. The molecule has 132 valence electrons. The number of carbonyl (C=O) groups is 1. The lowest BCUT2D eigenvalue weighted by Crippen LogP contribution is -2.51. The van der Waals surface area contributed by atoms with Gasteiger partial charge in [-0.25, -0.2) is 4.98 Å². The summed E-state index contributed by atoms with van der Waals surface area (Å²) in [5, 5.41) is 3.24. The summed E-state index contributed by atoms with van der Waals surface area (Å²) in [4.78, 5) is 19.2. The first-order valence-corrected chi connectivity index (χ1v) is 9.43. The number of imidazole rings is 1. The van der Waals surface area contributed by atoms with E-state index in [0.29, 0.717) is 19.1 Å². The zero-order valence-corrected chi connectivity index (χ0v) is 14.3. The van der Waals surface area contributed by atoms with Crippen LogP contribution < -0.4 is 5.32 Å². The maximum atomic E-state index is 12.5. The van der Waals surface area contributed by atoms with Gasteiger partial charge in [-0.3, -0.25) is 4.79 Å². The molecule has 2 saturated heterocycles. The summed E-state index contributed by atoms with van der Waals surface area (Å²) < 4.78 is 7.96. The molecule has 1 saturated carbocycles. The minimum absolute atomic E-state index is 0.151. The molecule has 1 aromatic rings. The number of morpholine rings is 1. The van der Waals surface area contributed by atoms with Crippen molar-refractivity contribution in [1.29, 1.82) is 0 Å². The average molecular weight is 332 g/mol. The van der Waals surface area contributed by atoms with E-state index < -0.39 is 0 Å². The second-order valence-electron chi connectivity index (χ2n) is 7.40. The molecule has 3 aliphatic rings. The third-order valence-corrected chi connectivity index (χ3v) is 5.80. The monoisotopic (exact) mass is 332 g/mol. The maximum Gasteiger partial charge on any atom is 0.253 e. The van der Waals surface area contributed by atoms with E-state index in [0.717, 1.165) is 44.9 Å². The van der Waals surface area contributed by atoms with Gasteiger partial charge in [0.25, 0.3) is 5.91 Å². The molecule has 6 heteroatoms. The number of nitrogens with zero attached hydrogens (tertiary/aromatic N) is 3. The van der Waals surface area contributed by atoms with Crippen molar-refractivity contribution in [2.75, 3.05) is 32.8 Å².